The number of benzene rings is 2. The van der Waals surface area contributed by atoms with Crippen LogP contribution in [0.5, 0.6) is 0 Å². The number of nitrogens with zero attached hydrogens (tertiary/aromatic N) is 2. The van der Waals surface area contributed by atoms with Gasteiger partial charge in [-0.3, -0.25) is 4.79 Å². The van der Waals surface area contributed by atoms with Crippen LogP contribution in [0.4, 0.5) is 4.39 Å². The quantitative estimate of drug-likeness (QED) is 0.671. The fourth-order valence-corrected chi connectivity index (χ4v) is 2.89. The molecule has 0 fully saturated rings. The van der Waals surface area contributed by atoms with E-state index in [0.29, 0.717) is 15.7 Å². The Kier molecular flexibility index (Phi) is 5.43. The van der Waals surface area contributed by atoms with Crippen LogP contribution in [0.25, 0.3) is 5.69 Å². The molecule has 0 aliphatic carbocycles. The molecule has 2 N–H and O–H groups in total. The smallest absolute Gasteiger partial charge is 0.330 e. The van der Waals surface area contributed by atoms with Crippen molar-refractivity contribution in [2.75, 3.05) is 0 Å². The summed E-state index contributed by atoms with van der Waals surface area (Å²) < 4.78 is 14.4. The van der Waals surface area contributed by atoms with Gasteiger partial charge < -0.3 is 10.4 Å². The molecule has 0 saturated carbocycles. The zero-order valence-corrected chi connectivity index (χ0v) is 15.1. The van der Waals surface area contributed by atoms with E-state index in [4.69, 9.17) is 23.2 Å². The van der Waals surface area contributed by atoms with Crippen LogP contribution in [-0.4, -0.2) is 26.8 Å². The monoisotopic (exact) mass is 407 g/mol. The zero-order chi connectivity index (χ0) is 19.6. The van der Waals surface area contributed by atoms with Gasteiger partial charge in [-0.25, -0.2) is 13.9 Å². The van der Waals surface area contributed by atoms with Crippen LogP contribution < -0.4 is 5.32 Å². The summed E-state index contributed by atoms with van der Waals surface area (Å²) in [6.45, 7) is 0. The minimum atomic E-state index is -1.35. The van der Waals surface area contributed by atoms with E-state index in [2.05, 4.69) is 10.4 Å². The molecule has 27 heavy (non-hydrogen) atoms. The summed E-state index contributed by atoms with van der Waals surface area (Å²) in [6, 6.07) is 9.70. The van der Waals surface area contributed by atoms with Gasteiger partial charge in [-0.1, -0.05) is 35.3 Å². The molecule has 0 saturated heterocycles. The number of rotatable bonds is 5. The molecule has 1 amide bonds. The summed E-state index contributed by atoms with van der Waals surface area (Å²) in [5.74, 6) is -2.49. The molecule has 1 atom stereocenters. The van der Waals surface area contributed by atoms with Crippen molar-refractivity contribution in [1.82, 2.24) is 15.1 Å². The fraction of sp³-hybridized carbons (Fsp3) is 0.0556. The highest BCUT2D eigenvalue weighted by atomic mass is 35.5. The van der Waals surface area contributed by atoms with Gasteiger partial charge in [0.2, 0.25) is 0 Å². The van der Waals surface area contributed by atoms with Crippen molar-refractivity contribution in [2.45, 2.75) is 6.04 Å². The second-order valence-corrected chi connectivity index (χ2v) is 6.38. The topological polar surface area (TPSA) is 84.2 Å². The van der Waals surface area contributed by atoms with Gasteiger partial charge in [-0.2, -0.15) is 5.10 Å². The maximum Gasteiger partial charge on any atom is 0.330 e. The lowest BCUT2D eigenvalue weighted by Crippen LogP contribution is -2.34. The summed E-state index contributed by atoms with van der Waals surface area (Å²) in [4.78, 5) is 23.9. The molecule has 0 bridgehead atoms. The standard InChI is InChI=1S/C18H12Cl2FN3O3/c19-11-3-6-15(13(20)9-11)24-8-7-14(23-24)17(25)22-16(18(26)27)10-1-4-12(21)5-2-10/h1-9,16H,(H,22,25)(H,26,27). The van der Waals surface area contributed by atoms with Gasteiger partial charge in [0.05, 0.1) is 10.7 Å². The third kappa shape index (κ3) is 4.27. The van der Waals surface area contributed by atoms with Crippen molar-refractivity contribution in [3.05, 3.63) is 81.8 Å². The Balaban J connectivity index is 1.82. The Morgan fingerprint density at radius 1 is 1.11 bits per heavy atom. The van der Waals surface area contributed by atoms with Gasteiger partial charge in [0, 0.05) is 11.2 Å². The summed E-state index contributed by atoms with van der Waals surface area (Å²) in [5.41, 5.74) is 0.736. The lowest BCUT2D eigenvalue weighted by Gasteiger charge is -2.14. The van der Waals surface area contributed by atoms with E-state index in [-0.39, 0.29) is 11.3 Å². The molecule has 0 spiro atoms. The molecule has 1 unspecified atom stereocenters. The van der Waals surface area contributed by atoms with Gasteiger partial charge in [-0.15, -0.1) is 0 Å². The fourth-order valence-electron chi connectivity index (χ4n) is 2.39. The number of carbonyl (C=O) groups excluding carboxylic acids is 1. The van der Waals surface area contributed by atoms with Crippen LogP contribution in [0, 0.1) is 5.82 Å². The number of hydrogen-bond acceptors (Lipinski definition) is 3. The largest absolute Gasteiger partial charge is 0.479 e. The van der Waals surface area contributed by atoms with Crippen LogP contribution in [0.3, 0.4) is 0 Å². The van der Waals surface area contributed by atoms with Crippen LogP contribution in [0.2, 0.25) is 10.0 Å². The van der Waals surface area contributed by atoms with E-state index in [1.54, 1.807) is 12.1 Å². The first kappa shape index (κ1) is 18.9. The highest BCUT2D eigenvalue weighted by Gasteiger charge is 2.24. The molecule has 1 heterocycles. The lowest BCUT2D eigenvalue weighted by molar-refractivity contribution is -0.139. The molecule has 2 aromatic carbocycles. The summed E-state index contributed by atoms with van der Waals surface area (Å²) >= 11 is 12.0. The maximum absolute atomic E-state index is 13.0. The molecule has 3 aromatic rings. The van der Waals surface area contributed by atoms with E-state index in [0.717, 1.165) is 12.1 Å². The van der Waals surface area contributed by atoms with Gasteiger partial charge in [0.25, 0.3) is 5.91 Å². The molecule has 9 heteroatoms. The predicted octanol–water partition coefficient (Wildman–Crippen LogP) is 3.87. The average molecular weight is 408 g/mol. The van der Waals surface area contributed by atoms with Gasteiger partial charge in [0.15, 0.2) is 11.7 Å². The Hall–Kier alpha value is -2.90. The van der Waals surface area contributed by atoms with Gasteiger partial charge in [-0.05, 0) is 42.0 Å². The number of carboxylic acids is 1. The number of carbonyl (C=O) groups is 2. The van der Waals surface area contributed by atoms with Crippen LogP contribution >= 0.6 is 23.2 Å². The molecule has 138 valence electrons. The van der Waals surface area contributed by atoms with E-state index in [9.17, 15) is 19.1 Å². The summed E-state index contributed by atoms with van der Waals surface area (Å²) in [5, 5.41) is 16.7. The molecule has 0 aliphatic heterocycles. The molecule has 3 rings (SSSR count). The molecule has 6 nitrogen and oxygen atoms in total. The number of nitrogens with one attached hydrogen (secondary N) is 1. The number of amides is 1. The highest BCUT2D eigenvalue weighted by Crippen LogP contribution is 2.24. The summed E-state index contributed by atoms with van der Waals surface area (Å²) in [7, 11) is 0. The van der Waals surface area contributed by atoms with E-state index >= 15 is 0 Å². The Labute approximate surface area is 163 Å². The molecule has 0 radical (unpaired) electrons. The maximum atomic E-state index is 13.0. The van der Waals surface area contributed by atoms with E-state index < -0.39 is 23.7 Å². The van der Waals surface area contributed by atoms with Crippen molar-refractivity contribution >= 4 is 35.1 Å². The van der Waals surface area contributed by atoms with Crippen LogP contribution in [0.1, 0.15) is 22.1 Å². The van der Waals surface area contributed by atoms with Crippen molar-refractivity contribution in [3.63, 3.8) is 0 Å². The number of carboxylic acid groups (broad SMARTS) is 1. The first-order valence-corrected chi connectivity index (χ1v) is 8.41. The van der Waals surface area contributed by atoms with Crippen LogP contribution in [-0.2, 0) is 4.79 Å². The number of aromatic nitrogens is 2. The second-order valence-electron chi connectivity index (χ2n) is 5.54. The van der Waals surface area contributed by atoms with Crippen molar-refractivity contribution in [1.29, 1.82) is 0 Å². The summed E-state index contributed by atoms with van der Waals surface area (Å²) in [6.07, 6.45) is 1.51. The zero-order valence-electron chi connectivity index (χ0n) is 13.6. The average Bonchev–Trinajstić information content (AvgIpc) is 3.10. The predicted molar refractivity (Wildman–Crippen MR) is 97.8 cm³/mol. The van der Waals surface area contributed by atoms with E-state index in [1.807, 2.05) is 0 Å². The number of aliphatic carboxylic acids is 1. The van der Waals surface area contributed by atoms with Gasteiger partial charge in [0.1, 0.15) is 5.82 Å². The van der Waals surface area contributed by atoms with Gasteiger partial charge >= 0.3 is 5.97 Å². The Bertz CT molecular complexity index is 1010. The normalized spacial score (nSPS) is 11.8. The number of halogens is 3. The van der Waals surface area contributed by atoms with Crippen molar-refractivity contribution in [2.24, 2.45) is 0 Å². The molecular weight excluding hydrogens is 396 g/mol. The third-order valence-electron chi connectivity index (χ3n) is 3.70. The van der Waals surface area contributed by atoms with Crippen molar-refractivity contribution < 1.29 is 19.1 Å². The SMILES string of the molecule is O=C(NC(C(=O)O)c1ccc(F)cc1)c1ccn(-c2ccc(Cl)cc2Cl)n1. The minimum Gasteiger partial charge on any atom is -0.479 e. The first-order valence-electron chi connectivity index (χ1n) is 7.65. The molecule has 1 aromatic heterocycles. The third-order valence-corrected chi connectivity index (χ3v) is 4.24. The molecule has 0 aliphatic rings. The highest BCUT2D eigenvalue weighted by molar-refractivity contribution is 6.35. The van der Waals surface area contributed by atoms with Crippen molar-refractivity contribution in [3.8, 4) is 5.69 Å². The Morgan fingerprint density at radius 3 is 2.44 bits per heavy atom. The second kappa shape index (κ2) is 7.77. The molecular formula is C18H12Cl2FN3O3. The first-order chi connectivity index (χ1) is 12.8. The minimum absolute atomic E-state index is 0.00521. The van der Waals surface area contributed by atoms with Crippen LogP contribution in [0.15, 0.2) is 54.7 Å². The van der Waals surface area contributed by atoms with E-state index in [1.165, 1.54) is 35.1 Å². The lowest BCUT2D eigenvalue weighted by atomic mass is 10.1. The number of hydrogen-bond donors (Lipinski definition) is 2. The Morgan fingerprint density at radius 2 is 1.81 bits per heavy atom.